The quantitative estimate of drug-likeness (QED) is 0.798. The van der Waals surface area contributed by atoms with Gasteiger partial charge in [-0.25, -0.2) is 4.39 Å². The van der Waals surface area contributed by atoms with E-state index in [0.29, 0.717) is 29.1 Å². The molecule has 2 aliphatic rings. The first kappa shape index (κ1) is 14.6. The lowest BCUT2D eigenvalue weighted by Gasteiger charge is -2.31. The second kappa shape index (κ2) is 5.30. The number of aryl methyl sites for hydroxylation is 1. The molecule has 1 aromatic carbocycles. The molecule has 0 saturated carbocycles. The normalized spacial score (nSPS) is 20.1. The molecule has 4 rings (SSSR count). The van der Waals surface area contributed by atoms with Crippen LogP contribution in [0.5, 0.6) is 0 Å². The predicted molar refractivity (Wildman–Crippen MR) is 86.7 cm³/mol. The van der Waals surface area contributed by atoms with Gasteiger partial charge < -0.3 is 9.84 Å². The van der Waals surface area contributed by atoms with Crippen LogP contribution in [0.15, 0.2) is 38.5 Å². The van der Waals surface area contributed by atoms with Crippen molar-refractivity contribution in [2.45, 2.75) is 32.1 Å². The summed E-state index contributed by atoms with van der Waals surface area (Å²) < 4.78 is 20.7. The molecular formula is C17H14BrFN2O2. The average Bonchev–Trinajstić information content (AvgIpc) is 2.89. The summed E-state index contributed by atoms with van der Waals surface area (Å²) in [6.45, 7) is 1.81. The molecule has 1 aliphatic carbocycles. The smallest absolute Gasteiger partial charge is 0.233 e. The van der Waals surface area contributed by atoms with E-state index in [-0.39, 0.29) is 11.6 Å². The fourth-order valence-electron chi connectivity index (χ4n) is 3.46. The number of nitrogens with one attached hydrogen (secondary N) is 1. The third-order valence-electron chi connectivity index (χ3n) is 4.48. The fourth-order valence-corrected chi connectivity index (χ4v) is 3.84. The Morgan fingerprint density at radius 1 is 1.39 bits per heavy atom. The minimum absolute atomic E-state index is 0.0642. The molecule has 6 heteroatoms. The summed E-state index contributed by atoms with van der Waals surface area (Å²) in [5, 5.41) is 7.18. The number of Topliss-reactive ketones (excluding diaryl/α,β-unsaturated/α-hetero) is 1. The van der Waals surface area contributed by atoms with E-state index in [0.717, 1.165) is 28.6 Å². The van der Waals surface area contributed by atoms with Crippen molar-refractivity contribution in [3.05, 3.63) is 56.6 Å². The molecule has 0 fully saturated rings. The molecule has 23 heavy (non-hydrogen) atoms. The van der Waals surface area contributed by atoms with E-state index >= 15 is 0 Å². The van der Waals surface area contributed by atoms with E-state index in [9.17, 15) is 9.18 Å². The maximum absolute atomic E-state index is 14.5. The number of carbonyl (C=O) groups is 1. The van der Waals surface area contributed by atoms with Crippen LogP contribution in [0.25, 0.3) is 0 Å². The first-order chi connectivity index (χ1) is 11.1. The Balaban J connectivity index is 2.00. The lowest BCUT2D eigenvalue weighted by Crippen LogP contribution is -2.27. The van der Waals surface area contributed by atoms with Gasteiger partial charge >= 0.3 is 0 Å². The summed E-state index contributed by atoms with van der Waals surface area (Å²) in [4.78, 5) is 12.6. The Morgan fingerprint density at radius 2 is 2.22 bits per heavy atom. The van der Waals surface area contributed by atoms with Crippen molar-refractivity contribution in [2.75, 3.05) is 5.32 Å². The zero-order valence-electron chi connectivity index (χ0n) is 12.5. The minimum atomic E-state index is -0.474. The molecule has 0 radical (unpaired) electrons. The molecule has 1 atom stereocenters. The number of anilines is 1. The van der Waals surface area contributed by atoms with Crippen LogP contribution in [0.3, 0.4) is 0 Å². The summed E-state index contributed by atoms with van der Waals surface area (Å²) >= 11 is 3.39. The molecule has 2 heterocycles. The third kappa shape index (κ3) is 2.24. The molecule has 1 aromatic heterocycles. The Kier molecular flexibility index (Phi) is 3.37. The summed E-state index contributed by atoms with van der Waals surface area (Å²) in [5.41, 5.74) is 3.36. The van der Waals surface area contributed by atoms with E-state index in [1.54, 1.807) is 12.1 Å². The summed E-state index contributed by atoms with van der Waals surface area (Å²) in [7, 11) is 0. The van der Waals surface area contributed by atoms with Crippen LogP contribution >= 0.6 is 15.9 Å². The van der Waals surface area contributed by atoms with Crippen LogP contribution in [-0.4, -0.2) is 10.9 Å². The number of fused-ring (bicyclic) bond motifs is 1. The number of ketones is 1. The van der Waals surface area contributed by atoms with E-state index in [1.807, 2.05) is 6.92 Å². The van der Waals surface area contributed by atoms with Gasteiger partial charge in [-0.15, -0.1) is 0 Å². The third-order valence-corrected chi connectivity index (χ3v) is 4.97. The molecule has 0 spiro atoms. The van der Waals surface area contributed by atoms with Crippen molar-refractivity contribution < 1.29 is 13.7 Å². The highest BCUT2D eigenvalue weighted by molar-refractivity contribution is 9.10. The zero-order valence-corrected chi connectivity index (χ0v) is 14.0. The molecule has 118 valence electrons. The molecule has 0 saturated heterocycles. The first-order valence-electron chi connectivity index (χ1n) is 7.50. The SMILES string of the molecule is Cc1noc2c1[C@@H](c1cc(Br)ccc1F)C1=C(CCCC1=O)N2. The van der Waals surface area contributed by atoms with E-state index in [1.165, 1.54) is 6.07 Å². The van der Waals surface area contributed by atoms with Gasteiger partial charge in [0.1, 0.15) is 5.82 Å². The lowest BCUT2D eigenvalue weighted by atomic mass is 9.76. The van der Waals surface area contributed by atoms with Gasteiger partial charge in [0, 0.05) is 33.6 Å². The van der Waals surface area contributed by atoms with Crippen molar-refractivity contribution in [1.82, 2.24) is 5.16 Å². The molecule has 0 amide bonds. The van der Waals surface area contributed by atoms with Gasteiger partial charge in [-0.2, -0.15) is 0 Å². The number of halogens is 2. The lowest BCUT2D eigenvalue weighted by molar-refractivity contribution is -0.116. The van der Waals surface area contributed by atoms with Crippen molar-refractivity contribution in [3.8, 4) is 0 Å². The van der Waals surface area contributed by atoms with Gasteiger partial charge in [-0.05, 0) is 38.0 Å². The minimum Gasteiger partial charge on any atom is -0.338 e. The molecule has 4 nitrogen and oxygen atoms in total. The van der Waals surface area contributed by atoms with Crippen LogP contribution in [0.4, 0.5) is 10.3 Å². The van der Waals surface area contributed by atoms with Crippen molar-refractivity contribution in [3.63, 3.8) is 0 Å². The highest BCUT2D eigenvalue weighted by Gasteiger charge is 2.39. The first-order valence-corrected chi connectivity index (χ1v) is 8.30. The van der Waals surface area contributed by atoms with Crippen LogP contribution < -0.4 is 5.32 Å². The number of nitrogens with zero attached hydrogens (tertiary/aromatic N) is 1. The van der Waals surface area contributed by atoms with Crippen LogP contribution in [0, 0.1) is 12.7 Å². The van der Waals surface area contributed by atoms with Crippen LogP contribution in [0.2, 0.25) is 0 Å². The molecule has 0 bridgehead atoms. The maximum atomic E-state index is 14.5. The number of aromatic nitrogens is 1. The maximum Gasteiger partial charge on any atom is 0.233 e. The second-order valence-corrected chi connectivity index (χ2v) is 6.82. The number of benzene rings is 1. The second-order valence-electron chi connectivity index (χ2n) is 5.90. The van der Waals surface area contributed by atoms with E-state index in [4.69, 9.17) is 4.52 Å². The standard InChI is InChI=1S/C17H14BrFN2O2/c1-8-14-15(10-7-9(18)5-6-11(10)19)16-12(3-2-4-13(16)22)20-17(14)23-21-8/h5-7,15,20H,2-4H2,1H3/t15-/m1/s1. The number of allylic oxidation sites excluding steroid dienone is 2. The Hall–Kier alpha value is -1.95. The highest BCUT2D eigenvalue weighted by Crippen LogP contribution is 2.47. The topological polar surface area (TPSA) is 55.1 Å². The number of hydrogen-bond acceptors (Lipinski definition) is 4. The van der Waals surface area contributed by atoms with Crippen LogP contribution in [0.1, 0.15) is 42.0 Å². The summed E-state index contributed by atoms with van der Waals surface area (Å²) in [6.07, 6.45) is 2.04. The predicted octanol–water partition coefficient (Wildman–Crippen LogP) is 4.45. The molecule has 0 unspecified atom stereocenters. The van der Waals surface area contributed by atoms with Crippen molar-refractivity contribution >= 4 is 27.6 Å². The fraction of sp³-hybridized carbons (Fsp3) is 0.294. The van der Waals surface area contributed by atoms with Crippen molar-refractivity contribution in [1.29, 1.82) is 0 Å². The summed E-state index contributed by atoms with van der Waals surface area (Å²) in [5.74, 6) is -0.232. The Morgan fingerprint density at radius 3 is 3.04 bits per heavy atom. The molecular weight excluding hydrogens is 363 g/mol. The largest absolute Gasteiger partial charge is 0.338 e. The number of rotatable bonds is 1. The Bertz CT molecular complexity index is 856. The van der Waals surface area contributed by atoms with Gasteiger partial charge in [-0.3, -0.25) is 4.79 Å². The van der Waals surface area contributed by atoms with Gasteiger partial charge in [0.15, 0.2) is 5.78 Å². The number of carbonyl (C=O) groups excluding carboxylic acids is 1. The van der Waals surface area contributed by atoms with Crippen molar-refractivity contribution in [2.24, 2.45) is 0 Å². The van der Waals surface area contributed by atoms with Gasteiger partial charge in [0.2, 0.25) is 5.88 Å². The van der Waals surface area contributed by atoms with Gasteiger partial charge in [0.05, 0.1) is 11.3 Å². The number of hydrogen-bond donors (Lipinski definition) is 1. The van der Waals surface area contributed by atoms with E-state index < -0.39 is 5.92 Å². The molecule has 2 aromatic rings. The molecule has 1 N–H and O–H groups in total. The zero-order chi connectivity index (χ0) is 16.1. The van der Waals surface area contributed by atoms with Gasteiger partial charge in [-0.1, -0.05) is 21.1 Å². The van der Waals surface area contributed by atoms with E-state index in [2.05, 4.69) is 26.4 Å². The monoisotopic (exact) mass is 376 g/mol. The molecule has 1 aliphatic heterocycles. The average molecular weight is 377 g/mol. The summed E-state index contributed by atoms with van der Waals surface area (Å²) in [6, 6.07) is 4.80. The highest BCUT2D eigenvalue weighted by atomic mass is 79.9. The Labute approximate surface area is 140 Å². The van der Waals surface area contributed by atoms with Gasteiger partial charge in [0.25, 0.3) is 0 Å². The van der Waals surface area contributed by atoms with Crippen LogP contribution in [-0.2, 0) is 4.79 Å².